The molecule has 2 aromatic carbocycles. The molecule has 0 radical (unpaired) electrons. The molecule has 0 fully saturated rings. The van der Waals surface area contributed by atoms with Crippen LogP contribution >= 0.6 is 11.6 Å². The molecular formula is C18H19ClN2. The van der Waals surface area contributed by atoms with Gasteiger partial charge in [0.2, 0.25) is 0 Å². The highest BCUT2D eigenvalue weighted by Crippen LogP contribution is 2.36. The topological polar surface area (TPSA) is 27.8 Å². The molecule has 2 N–H and O–H groups in total. The highest BCUT2D eigenvalue weighted by atomic mass is 35.5. The van der Waals surface area contributed by atoms with Crippen LogP contribution in [0.15, 0.2) is 54.7 Å². The first-order valence-electron chi connectivity index (χ1n) is 7.26. The SMILES string of the molecule is CNCC[C@@H](c1ccccc1)c1c[nH]c2cccc(Cl)c12. The highest BCUT2D eigenvalue weighted by Gasteiger charge is 2.18. The molecule has 1 heterocycles. The predicted molar refractivity (Wildman–Crippen MR) is 90.1 cm³/mol. The third-order valence-corrected chi connectivity index (χ3v) is 4.26. The van der Waals surface area contributed by atoms with Crippen molar-refractivity contribution in [2.45, 2.75) is 12.3 Å². The zero-order valence-corrected chi connectivity index (χ0v) is 12.8. The molecule has 3 heteroatoms. The predicted octanol–water partition coefficient (Wildman–Crippen LogP) is 4.56. The van der Waals surface area contributed by atoms with Crippen molar-refractivity contribution >= 4 is 22.5 Å². The van der Waals surface area contributed by atoms with Crippen LogP contribution in [0, 0.1) is 0 Å². The minimum atomic E-state index is 0.340. The molecule has 0 amide bonds. The van der Waals surface area contributed by atoms with E-state index in [2.05, 4.69) is 52.9 Å². The molecule has 0 aliphatic carbocycles. The van der Waals surface area contributed by atoms with Gasteiger partial charge in [-0.3, -0.25) is 0 Å². The van der Waals surface area contributed by atoms with Crippen LogP contribution in [-0.4, -0.2) is 18.6 Å². The summed E-state index contributed by atoms with van der Waals surface area (Å²) in [6.45, 7) is 0.969. The summed E-state index contributed by atoms with van der Waals surface area (Å²) in [4.78, 5) is 3.35. The second kappa shape index (κ2) is 6.33. The van der Waals surface area contributed by atoms with Crippen LogP contribution in [0.4, 0.5) is 0 Å². The molecular weight excluding hydrogens is 280 g/mol. The average Bonchev–Trinajstić information content (AvgIpc) is 2.94. The third kappa shape index (κ3) is 2.82. The van der Waals surface area contributed by atoms with Crippen LogP contribution in [0.25, 0.3) is 10.9 Å². The summed E-state index contributed by atoms with van der Waals surface area (Å²) < 4.78 is 0. The highest BCUT2D eigenvalue weighted by molar-refractivity contribution is 6.35. The number of hydrogen-bond acceptors (Lipinski definition) is 1. The summed E-state index contributed by atoms with van der Waals surface area (Å²) in [6.07, 6.45) is 3.14. The van der Waals surface area contributed by atoms with Crippen LogP contribution in [0.1, 0.15) is 23.5 Å². The van der Waals surface area contributed by atoms with Crippen LogP contribution in [0.5, 0.6) is 0 Å². The largest absolute Gasteiger partial charge is 0.361 e. The van der Waals surface area contributed by atoms with Crippen molar-refractivity contribution in [2.24, 2.45) is 0 Å². The van der Waals surface area contributed by atoms with E-state index in [1.807, 2.05) is 19.2 Å². The number of aromatic amines is 1. The van der Waals surface area contributed by atoms with Gasteiger partial charge in [0, 0.05) is 23.0 Å². The minimum absolute atomic E-state index is 0.340. The van der Waals surface area contributed by atoms with Crippen LogP contribution in [0.3, 0.4) is 0 Å². The first-order valence-corrected chi connectivity index (χ1v) is 7.64. The molecule has 3 rings (SSSR count). The van der Waals surface area contributed by atoms with Crippen molar-refractivity contribution in [3.05, 3.63) is 70.9 Å². The molecule has 21 heavy (non-hydrogen) atoms. The first kappa shape index (κ1) is 14.2. The zero-order valence-electron chi connectivity index (χ0n) is 12.1. The van der Waals surface area contributed by atoms with Crippen molar-refractivity contribution < 1.29 is 0 Å². The van der Waals surface area contributed by atoms with Gasteiger partial charge in [-0.15, -0.1) is 0 Å². The first-order chi connectivity index (χ1) is 10.3. The second-order valence-electron chi connectivity index (χ2n) is 5.26. The Bertz CT molecular complexity index is 718. The molecule has 0 spiro atoms. The van der Waals surface area contributed by atoms with Crippen molar-refractivity contribution in [3.63, 3.8) is 0 Å². The van der Waals surface area contributed by atoms with Gasteiger partial charge in [-0.1, -0.05) is 48.0 Å². The van der Waals surface area contributed by atoms with E-state index in [9.17, 15) is 0 Å². The van der Waals surface area contributed by atoms with Gasteiger partial charge in [0.1, 0.15) is 0 Å². The maximum absolute atomic E-state index is 6.43. The number of fused-ring (bicyclic) bond motifs is 1. The van der Waals surface area contributed by atoms with Crippen LogP contribution in [0.2, 0.25) is 5.02 Å². The number of nitrogens with one attached hydrogen (secondary N) is 2. The Morgan fingerprint density at radius 3 is 2.67 bits per heavy atom. The average molecular weight is 299 g/mol. The van der Waals surface area contributed by atoms with E-state index in [1.54, 1.807) is 0 Å². The van der Waals surface area contributed by atoms with Gasteiger partial charge in [0.15, 0.2) is 0 Å². The lowest BCUT2D eigenvalue weighted by atomic mass is 9.88. The maximum atomic E-state index is 6.43. The molecule has 3 aromatic rings. The fourth-order valence-corrected chi connectivity index (χ4v) is 3.20. The summed E-state index contributed by atoms with van der Waals surface area (Å²) >= 11 is 6.43. The molecule has 0 aliphatic rings. The Hall–Kier alpha value is -1.77. The monoisotopic (exact) mass is 298 g/mol. The van der Waals surface area contributed by atoms with Crippen molar-refractivity contribution in [3.8, 4) is 0 Å². The molecule has 0 saturated carbocycles. The van der Waals surface area contributed by atoms with E-state index < -0.39 is 0 Å². The van der Waals surface area contributed by atoms with Gasteiger partial charge >= 0.3 is 0 Å². The lowest BCUT2D eigenvalue weighted by Crippen LogP contribution is -2.13. The molecule has 2 nitrogen and oxygen atoms in total. The van der Waals surface area contributed by atoms with Crippen molar-refractivity contribution in [1.29, 1.82) is 0 Å². The number of hydrogen-bond donors (Lipinski definition) is 2. The number of halogens is 1. The molecule has 0 saturated heterocycles. The van der Waals surface area contributed by atoms with Gasteiger partial charge in [0.05, 0.1) is 5.02 Å². The second-order valence-corrected chi connectivity index (χ2v) is 5.67. The van der Waals surface area contributed by atoms with Gasteiger partial charge in [-0.05, 0) is 43.3 Å². The van der Waals surface area contributed by atoms with Gasteiger partial charge in [0.25, 0.3) is 0 Å². The molecule has 1 aromatic heterocycles. The number of rotatable bonds is 5. The molecule has 0 aliphatic heterocycles. The summed E-state index contributed by atoms with van der Waals surface area (Å²) in [7, 11) is 1.99. The van der Waals surface area contributed by atoms with E-state index in [-0.39, 0.29) is 0 Å². The van der Waals surface area contributed by atoms with E-state index in [4.69, 9.17) is 11.6 Å². The van der Waals surface area contributed by atoms with E-state index in [1.165, 1.54) is 11.1 Å². The van der Waals surface area contributed by atoms with E-state index in [0.717, 1.165) is 28.9 Å². The van der Waals surface area contributed by atoms with E-state index in [0.29, 0.717) is 5.92 Å². The summed E-state index contributed by atoms with van der Waals surface area (Å²) in [5.41, 5.74) is 3.70. The maximum Gasteiger partial charge on any atom is 0.0502 e. The lowest BCUT2D eigenvalue weighted by Gasteiger charge is -2.17. The lowest BCUT2D eigenvalue weighted by molar-refractivity contribution is 0.664. The standard InChI is InChI=1S/C18H19ClN2/c1-20-11-10-14(13-6-3-2-4-7-13)15-12-21-17-9-5-8-16(19)18(15)17/h2-9,12,14,20-21H,10-11H2,1H3/t14-/m0/s1. The quantitative estimate of drug-likeness (QED) is 0.710. The van der Waals surface area contributed by atoms with E-state index >= 15 is 0 Å². The Morgan fingerprint density at radius 2 is 1.90 bits per heavy atom. The summed E-state index contributed by atoms with van der Waals surface area (Å²) in [6, 6.07) is 16.6. The molecule has 108 valence electrons. The fourth-order valence-electron chi connectivity index (χ4n) is 2.92. The fraction of sp³-hybridized carbons (Fsp3) is 0.222. The zero-order chi connectivity index (χ0) is 14.7. The van der Waals surface area contributed by atoms with Gasteiger partial charge < -0.3 is 10.3 Å². The molecule has 1 atom stereocenters. The summed E-state index contributed by atoms with van der Waals surface area (Å²) in [5.74, 6) is 0.340. The Morgan fingerprint density at radius 1 is 1.10 bits per heavy atom. The smallest absolute Gasteiger partial charge is 0.0502 e. The molecule has 0 unspecified atom stereocenters. The number of H-pyrrole nitrogens is 1. The third-order valence-electron chi connectivity index (χ3n) is 3.95. The van der Waals surface area contributed by atoms with Crippen molar-refractivity contribution in [2.75, 3.05) is 13.6 Å². The normalized spacial score (nSPS) is 12.7. The van der Waals surface area contributed by atoms with Crippen LogP contribution < -0.4 is 5.32 Å². The number of aromatic nitrogens is 1. The number of benzene rings is 2. The van der Waals surface area contributed by atoms with Gasteiger partial charge in [-0.2, -0.15) is 0 Å². The van der Waals surface area contributed by atoms with Crippen LogP contribution in [-0.2, 0) is 0 Å². The molecule has 0 bridgehead atoms. The van der Waals surface area contributed by atoms with Gasteiger partial charge in [-0.25, -0.2) is 0 Å². The van der Waals surface area contributed by atoms with Crippen molar-refractivity contribution in [1.82, 2.24) is 10.3 Å². The Kier molecular flexibility index (Phi) is 4.28. The summed E-state index contributed by atoms with van der Waals surface area (Å²) in [5, 5.41) is 5.21. The Balaban J connectivity index is 2.10. The minimum Gasteiger partial charge on any atom is -0.361 e. The Labute approximate surface area is 130 Å².